The lowest BCUT2D eigenvalue weighted by Gasteiger charge is -2.10. The van der Waals surface area contributed by atoms with Crippen LogP contribution in [0, 0.1) is 0 Å². The number of carbonyl (C=O) groups is 1. The Labute approximate surface area is 117 Å². The first-order valence-corrected chi connectivity index (χ1v) is 6.70. The number of aliphatic hydroxyl groups is 1. The van der Waals surface area contributed by atoms with Gasteiger partial charge in [-0.2, -0.15) is 0 Å². The second-order valence-corrected chi connectivity index (χ2v) is 4.59. The summed E-state index contributed by atoms with van der Waals surface area (Å²) in [5, 5.41) is 21.8. The number of hydrogen-bond donors (Lipinski definition) is 3. The molecule has 2 rings (SSSR count). The fourth-order valence-electron chi connectivity index (χ4n) is 2.03. The molecule has 0 spiro atoms. The summed E-state index contributed by atoms with van der Waals surface area (Å²) in [6.45, 7) is 0.834. The van der Waals surface area contributed by atoms with Gasteiger partial charge in [-0.05, 0) is 31.4 Å². The molecule has 106 valence electrons. The third-order valence-electron chi connectivity index (χ3n) is 3.08. The summed E-state index contributed by atoms with van der Waals surface area (Å²) < 4.78 is 0. The van der Waals surface area contributed by atoms with E-state index < -0.39 is 5.97 Å². The van der Waals surface area contributed by atoms with Gasteiger partial charge in [-0.15, -0.1) is 0 Å². The van der Waals surface area contributed by atoms with E-state index in [2.05, 4.69) is 10.3 Å². The fraction of sp³-hybridized carbons (Fsp3) is 0.333. The maximum Gasteiger partial charge on any atom is 0.339 e. The molecule has 0 atom stereocenters. The Morgan fingerprint density at radius 1 is 1.20 bits per heavy atom. The summed E-state index contributed by atoms with van der Waals surface area (Å²) in [7, 11) is 0. The Kier molecular flexibility index (Phi) is 4.90. The van der Waals surface area contributed by atoms with Crippen LogP contribution in [0.25, 0.3) is 10.9 Å². The predicted octanol–water partition coefficient (Wildman–Crippen LogP) is 2.51. The molecule has 1 heterocycles. The summed E-state index contributed by atoms with van der Waals surface area (Å²) in [6, 6.07) is 9.08. The average Bonchev–Trinajstić information content (AvgIpc) is 2.46. The highest BCUT2D eigenvalue weighted by atomic mass is 16.4. The number of pyridine rings is 1. The summed E-state index contributed by atoms with van der Waals surface area (Å²) in [6.07, 6.45) is 2.53. The molecule has 0 amide bonds. The molecule has 20 heavy (non-hydrogen) atoms. The van der Waals surface area contributed by atoms with E-state index in [4.69, 9.17) is 5.11 Å². The van der Waals surface area contributed by atoms with Gasteiger partial charge in [0.05, 0.1) is 5.52 Å². The molecule has 0 aliphatic heterocycles. The normalized spacial score (nSPS) is 10.7. The van der Waals surface area contributed by atoms with Crippen LogP contribution in [0.3, 0.4) is 0 Å². The summed E-state index contributed by atoms with van der Waals surface area (Å²) in [5.41, 5.74) is 0.959. The molecule has 0 unspecified atom stereocenters. The molecule has 1 aromatic carbocycles. The maximum absolute atomic E-state index is 11.3. The minimum atomic E-state index is -0.985. The third-order valence-corrected chi connectivity index (χ3v) is 3.08. The van der Waals surface area contributed by atoms with Crippen molar-refractivity contribution >= 4 is 22.7 Å². The van der Waals surface area contributed by atoms with Crippen LogP contribution in [0.15, 0.2) is 30.3 Å². The zero-order valence-electron chi connectivity index (χ0n) is 11.2. The van der Waals surface area contributed by atoms with Crippen molar-refractivity contribution in [2.75, 3.05) is 18.5 Å². The highest BCUT2D eigenvalue weighted by Crippen LogP contribution is 2.20. The van der Waals surface area contributed by atoms with Crippen molar-refractivity contribution in [2.45, 2.75) is 19.3 Å². The van der Waals surface area contributed by atoms with E-state index in [1.807, 2.05) is 24.3 Å². The van der Waals surface area contributed by atoms with Crippen LogP contribution in [-0.4, -0.2) is 34.3 Å². The second kappa shape index (κ2) is 6.86. The van der Waals surface area contributed by atoms with E-state index in [0.717, 1.165) is 30.2 Å². The van der Waals surface area contributed by atoms with Gasteiger partial charge in [-0.1, -0.05) is 18.2 Å². The standard InChI is InChI=1S/C15H18N2O3/c18-9-5-1-4-8-16-14-12(15(19)20)10-11-6-2-3-7-13(11)17-14/h2-3,6-7,10,18H,1,4-5,8-9H2,(H,16,17)(H,19,20). The van der Waals surface area contributed by atoms with Gasteiger partial charge in [0.1, 0.15) is 11.4 Å². The van der Waals surface area contributed by atoms with Gasteiger partial charge in [0, 0.05) is 18.5 Å². The highest BCUT2D eigenvalue weighted by Gasteiger charge is 2.12. The lowest BCUT2D eigenvalue weighted by atomic mass is 10.1. The first kappa shape index (κ1) is 14.3. The van der Waals surface area contributed by atoms with Gasteiger partial charge in [0.2, 0.25) is 0 Å². The Morgan fingerprint density at radius 3 is 2.75 bits per heavy atom. The largest absolute Gasteiger partial charge is 0.478 e. The molecule has 0 radical (unpaired) electrons. The summed E-state index contributed by atoms with van der Waals surface area (Å²) in [5.74, 6) is -0.582. The number of nitrogens with one attached hydrogen (secondary N) is 1. The van der Waals surface area contributed by atoms with Crippen molar-refractivity contribution in [1.82, 2.24) is 4.98 Å². The minimum absolute atomic E-state index is 0.186. The molecule has 0 saturated carbocycles. The van der Waals surface area contributed by atoms with Crippen LogP contribution in [0.1, 0.15) is 29.6 Å². The summed E-state index contributed by atoms with van der Waals surface area (Å²) >= 11 is 0. The number of carboxylic acid groups (broad SMARTS) is 1. The van der Waals surface area contributed by atoms with E-state index in [0.29, 0.717) is 12.4 Å². The topological polar surface area (TPSA) is 82.5 Å². The van der Waals surface area contributed by atoms with Crippen LogP contribution in [0.4, 0.5) is 5.82 Å². The Bertz CT molecular complexity index is 599. The van der Waals surface area contributed by atoms with Crippen molar-refractivity contribution in [2.24, 2.45) is 0 Å². The molecular formula is C15H18N2O3. The van der Waals surface area contributed by atoms with Crippen molar-refractivity contribution in [3.63, 3.8) is 0 Å². The van der Waals surface area contributed by atoms with Crippen LogP contribution >= 0.6 is 0 Å². The zero-order valence-corrected chi connectivity index (χ0v) is 11.2. The van der Waals surface area contributed by atoms with E-state index in [1.165, 1.54) is 0 Å². The SMILES string of the molecule is O=C(O)c1cc2ccccc2nc1NCCCCCO. The Hall–Kier alpha value is -2.14. The van der Waals surface area contributed by atoms with Crippen LogP contribution in [0.5, 0.6) is 0 Å². The number of hydrogen-bond acceptors (Lipinski definition) is 4. The molecule has 0 bridgehead atoms. The van der Waals surface area contributed by atoms with Crippen LogP contribution < -0.4 is 5.32 Å². The predicted molar refractivity (Wildman–Crippen MR) is 78.1 cm³/mol. The first-order chi connectivity index (χ1) is 9.72. The number of fused-ring (bicyclic) bond motifs is 1. The molecule has 5 nitrogen and oxygen atoms in total. The smallest absolute Gasteiger partial charge is 0.339 e. The van der Waals surface area contributed by atoms with Crippen LogP contribution in [0.2, 0.25) is 0 Å². The van der Waals surface area contributed by atoms with Gasteiger partial charge >= 0.3 is 5.97 Å². The van der Waals surface area contributed by atoms with E-state index >= 15 is 0 Å². The van der Waals surface area contributed by atoms with E-state index in [9.17, 15) is 9.90 Å². The third kappa shape index (κ3) is 3.45. The van der Waals surface area contributed by atoms with Crippen molar-refractivity contribution < 1.29 is 15.0 Å². The van der Waals surface area contributed by atoms with Crippen LogP contribution in [-0.2, 0) is 0 Å². The zero-order chi connectivity index (χ0) is 14.4. The fourth-order valence-corrected chi connectivity index (χ4v) is 2.03. The number of benzene rings is 1. The van der Waals surface area contributed by atoms with Gasteiger partial charge in [-0.3, -0.25) is 0 Å². The number of aliphatic hydroxyl groups excluding tert-OH is 1. The molecule has 0 aliphatic carbocycles. The minimum Gasteiger partial charge on any atom is -0.478 e. The molecule has 3 N–H and O–H groups in total. The highest BCUT2D eigenvalue weighted by molar-refractivity contribution is 5.98. The van der Waals surface area contributed by atoms with Crippen molar-refractivity contribution in [3.05, 3.63) is 35.9 Å². The van der Waals surface area contributed by atoms with Gasteiger partial charge in [0.15, 0.2) is 0 Å². The lowest BCUT2D eigenvalue weighted by Crippen LogP contribution is -2.10. The number of unbranched alkanes of at least 4 members (excludes halogenated alkanes) is 2. The first-order valence-electron chi connectivity index (χ1n) is 6.70. The molecule has 0 aliphatic rings. The van der Waals surface area contributed by atoms with Gasteiger partial charge in [-0.25, -0.2) is 9.78 Å². The average molecular weight is 274 g/mol. The molecule has 5 heteroatoms. The van der Waals surface area contributed by atoms with E-state index in [-0.39, 0.29) is 12.2 Å². The van der Waals surface area contributed by atoms with Crippen molar-refractivity contribution in [3.8, 4) is 0 Å². The number of para-hydroxylation sites is 1. The number of nitrogens with zero attached hydrogens (tertiary/aromatic N) is 1. The van der Waals surface area contributed by atoms with Gasteiger partial charge < -0.3 is 15.5 Å². The van der Waals surface area contributed by atoms with Gasteiger partial charge in [0.25, 0.3) is 0 Å². The molecule has 0 saturated heterocycles. The molecular weight excluding hydrogens is 256 g/mol. The Morgan fingerprint density at radius 2 is 2.00 bits per heavy atom. The second-order valence-electron chi connectivity index (χ2n) is 4.59. The molecule has 2 aromatic rings. The number of carboxylic acids is 1. The number of aromatic carboxylic acids is 1. The maximum atomic E-state index is 11.3. The monoisotopic (exact) mass is 274 g/mol. The number of anilines is 1. The number of aromatic nitrogens is 1. The quantitative estimate of drug-likeness (QED) is 0.676. The molecule has 1 aromatic heterocycles. The number of rotatable bonds is 7. The Balaban J connectivity index is 2.17. The van der Waals surface area contributed by atoms with Crippen molar-refractivity contribution in [1.29, 1.82) is 0 Å². The molecule has 0 fully saturated rings. The summed E-state index contributed by atoms with van der Waals surface area (Å²) in [4.78, 5) is 15.7. The lowest BCUT2D eigenvalue weighted by molar-refractivity contribution is 0.0697. The van der Waals surface area contributed by atoms with E-state index in [1.54, 1.807) is 6.07 Å².